The average Bonchev–Trinajstić information content (AvgIpc) is 3.23. The molecule has 0 radical (unpaired) electrons. The number of thiazole rings is 1. The van der Waals surface area contributed by atoms with Gasteiger partial charge in [0.1, 0.15) is 11.5 Å². The van der Waals surface area contributed by atoms with Crippen molar-refractivity contribution in [2.45, 2.75) is 19.8 Å². The van der Waals surface area contributed by atoms with Crippen LogP contribution in [0.2, 0.25) is 0 Å². The molecule has 0 unspecified atom stereocenters. The molecule has 2 aromatic heterocycles. The second-order valence-electron chi connectivity index (χ2n) is 6.73. The zero-order valence-electron chi connectivity index (χ0n) is 15.4. The highest BCUT2D eigenvalue weighted by Crippen LogP contribution is 2.32. The third kappa shape index (κ3) is 3.34. The van der Waals surface area contributed by atoms with Crippen LogP contribution >= 0.6 is 11.3 Å². The number of nitrogens with one attached hydrogen (secondary N) is 1. The molecular weight excluding hydrogens is 372 g/mol. The van der Waals surface area contributed by atoms with Gasteiger partial charge < -0.3 is 9.73 Å². The van der Waals surface area contributed by atoms with Crippen LogP contribution in [0.1, 0.15) is 35.8 Å². The molecule has 0 spiro atoms. The van der Waals surface area contributed by atoms with Gasteiger partial charge in [0.05, 0.1) is 16.6 Å². The van der Waals surface area contributed by atoms with Crippen molar-refractivity contribution in [1.29, 1.82) is 0 Å². The van der Waals surface area contributed by atoms with E-state index in [9.17, 15) is 9.59 Å². The lowest BCUT2D eigenvalue weighted by atomic mass is 9.95. The van der Waals surface area contributed by atoms with Gasteiger partial charge in [-0.05, 0) is 23.6 Å². The van der Waals surface area contributed by atoms with E-state index in [1.54, 1.807) is 29.1 Å². The Balaban J connectivity index is 1.86. The van der Waals surface area contributed by atoms with Crippen molar-refractivity contribution in [3.63, 3.8) is 0 Å². The minimum absolute atomic E-state index is 0.153. The van der Waals surface area contributed by atoms with Gasteiger partial charge in [0, 0.05) is 17.0 Å². The summed E-state index contributed by atoms with van der Waals surface area (Å²) in [6, 6.07) is 14.5. The van der Waals surface area contributed by atoms with Crippen molar-refractivity contribution in [1.82, 2.24) is 4.98 Å². The number of hydrogen-bond acceptors (Lipinski definition) is 5. The van der Waals surface area contributed by atoms with Gasteiger partial charge in [-0.1, -0.05) is 44.2 Å². The standard InChI is InChI=1S/C22H18N2O3S/c1-13(2)14-6-3-4-7-15(14)20-10-19(25)16-8-5-9-17(21(16)27-20)24-22(26)18-11-28-12-23-18/h3-13H,1-2H3,(H,24,26). The van der Waals surface area contributed by atoms with Crippen LogP contribution in [0, 0.1) is 0 Å². The Morgan fingerprint density at radius 2 is 1.96 bits per heavy atom. The first-order valence-electron chi connectivity index (χ1n) is 8.90. The molecule has 1 N–H and O–H groups in total. The van der Waals surface area contributed by atoms with Gasteiger partial charge in [0.2, 0.25) is 0 Å². The number of para-hydroxylation sites is 1. The molecule has 0 atom stereocenters. The summed E-state index contributed by atoms with van der Waals surface area (Å²) < 4.78 is 6.14. The molecule has 2 heterocycles. The van der Waals surface area contributed by atoms with E-state index < -0.39 is 0 Å². The number of hydrogen-bond donors (Lipinski definition) is 1. The predicted octanol–water partition coefficient (Wildman–Crippen LogP) is 5.29. The molecule has 0 saturated heterocycles. The van der Waals surface area contributed by atoms with Crippen LogP contribution < -0.4 is 10.7 Å². The molecule has 6 heteroatoms. The third-order valence-corrected chi connectivity index (χ3v) is 5.10. The van der Waals surface area contributed by atoms with Crippen LogP contribution in [0.5, 0.6) is 0 Å². The van der Waals surface area contributed by atoms with E-state index in [-0.39, 0.29) is 17.3 Å². The number of amides is 1. The number of carbonyl (C=O) groups is 1. The molecule has 28 heavy (non-hydrogen) atoms. The fraction of sp³-hybridized carbons (Fsp3) is 0.136. The van der Waals surface area contributed by atoms with E-state index >= 15 is 0 Å². The molecule has 0 saturated carbocycles. The summed E-state index contributed by atoms with van der Waals surface area (Å²) in [7, 11) is 0. The Bertz CT molecular complexity index is 1210. The van der Waals surface area contributed by atoms with Gasteiger partial charge in [-0.25, -0.2) is 4.98 Å². The first-order chi connectivity index (χ1) is 13.5. The van der Waals surface area contributed by atoms with Crippen LogP contribution in [0.3, 0.4) is 0 Å². The van der Waals surface area contributed by atoms with Crippen LogP contribution in [-0.4, -0.2) is 10.9 Å². The molecule has 0 aliphatic rings. The van der Waals surface area contributed by atoms with Crippen LogP contribution in [0.15, 0.2) is 68.6 Å². The minimum Gasteiger partial charge on any atom is -0.454 e. The van der Waals surface area contributed by atoms with E-state index in [0.717, 1.165) is 11.1 Å². The Hall–Kier alpha value is -3.25. The summed E-state index contributed by atoms with van der Waals surface area (Å²) >= 11 is 1.34. The first-order valence-corrected chi connectivity index (χ1v) is 9.84. The topological polar surface area (TPSA) is 72.2 Å². The van der Waals surface area contributed by atoms with E-state index in [0.29, 0.717) is 28.1 Å². The SMILES string of the molecule is CC(C)c1ccccc1-c1cc(=O)c2cccc(NC(=O)c3cscn3)c2o1. The number of rotatable bonds is 4. The number of fused-ring (bicyclic) bond motifs is 1. The average molecular weight is 390 g/mol. The molecule has 0 aliphatic carbocycles. The Morgan fingerprint density at radius 3 is 2.71 bits per heavy atom. The number of carbonyl (C=O) groups excluding carboxylic acids is 1. The largest absolute Gasteiger partial charge is 0.454 e. The quantitative estimate of drug-likeness (QED) is 0.514. The van der Waals surface area contributed by atoms with E-state index in [1.807, 2.05) is 24.3 Å². The highest BCUT2D eigenvalue weighted by Gasteiger charge is 2.16. The molecule has 0 bridgehead atoms. The van der Waals surface area contributed by atoms with Crippen molar-refractivity contribution >= 4 is 33.9 Å². The molecule has 4 rings (SSSR count). The van der Waals surface area contributed by atoms with Gasteiger partial charge in [-0.15, -0.1) is 11.3 Å². The van der Waals surface area contributed by atoms with Crippen molar-refractivity contribution in [3.05, 3.63) is 80.9 Å². The summed E-state index contributed by atoms with van der Waals surface area (Å²) in [4.78, 5) is 29.2. The van der Waals surface area contributed by atoms with Gasteiger partial charge in [0.15, 0.2) is 11.0 Å². The smallest absolute Gasteiger partial charge is 0.275 e. The maximum Gasteiger partial charge on any atom is 0.275 e. The fourth-order valence-electron chi connectivity index (χ4n) is 3.14. The van der Waals surface area contributed by atoms with E-state index in [4.69, 9.17) is 4.42 Å². The van der Waals surface area contributed by atoms with Gasteiger partial charge >= 0.3 is 0 Å². The monoisotopic (exact) mass is 390 g/mol. The van der Waals surface area contributed by atoms with Crippen molar-refractivity contribution in [3.8, 4) is 11.3 Å². The van der Waals surface area contributed by atoms with Crippen LogP contribution in [0.25, 0.3) is 22.3 Å². The number of aromatic nitrogens is 1. The lowest BCUT2D eigenvalue weighted by Crippen LogP contribution is -2.13. The van der Waals surface area contributed by atoms with Gasteiger partial charge in [0.25, 0.3) is 5.91 Å². The number of benzene rings is 2. The van der Waals surface area contributed by atoms with E-state index in [1.165, 1.54) is 17.4 Å². The Kier molecular flexibility index (Phi) is 4.79. The number of nitrogens with zero attached hydrogens (tertiary/aromatic N) is 1. The lowest BCUT2D eigenvalue weighted by molar-refractivity contribution is 0.102. The van der Waals surface area contributed by atoms with E-state index in [2.05, 4.69) is 24.1 Å². The third-order valence-electron chi connectivity index (χ3n) is 4.52. The summed E-state index contributed by atoms with van der Waals surface area (Å²) in [6.45, 7) is 4.19. The van der Waals surface area contributed by atoms with Gasteiger partial charge in [-0.3, -0.25) is 9.59 Å². The molecule has 140 valence electrons. The molecular formula is C22H18N2O3S. The molecule has 4 aromatic rings. The van der Waals surface area contributed by atoms with Crippen LogP contribution in [0.4, 0.5) is 5.69 Å². The Labute approximate surface area is 165 Å². The van der Waals surface area contributed by atoms with Crippen molar-refractivity contribution in [2.24, 2.45) is 0 Å². The highest BCUT2D eigenvalue weighted by molar-refractivity contribution is 7.07. The Morgan fingerprint density at radius 1 is 1.14 bits per heavy atom. The minimum atomic E-state index is -0.343. The zero-order valence-corrected chi connectivity index (χ0v) is 16.2. The second-order valence-corrected chi connectivity index (χ2v) is 7.45. The maximum atomic E-state index is 12.7. The molecule has 5 nitrogen and oxygen atoms in total. The normalized spacial score (nSPS) is 11.1. The second kappa shape index (κ2) is 7.40. The van der Waals surface area contributed by atoms with Gasteiger partial charge in [-0.2, -0.15) is 0 Å². The van der Waals surface area contributed by atoms with Crippen LogP contribution in [-0.2, 0) is 0 Å². The summed E-state index contributed by atoms with van der Waals surface area (Å²) in [5, 5.41) is 4.89. The molecule has 2 aromatic carbocycles. The maximum absolute atomic E-state index is 12.7. The van der Waals surface area contributed by atoms with Crippen molar-refractivity contribution < 1.29 is 9.21 Å². The predicted molar refractivity (Wildman–Crippen MR) is 112 cm³/mol. The zero-order chi connectivity index (χ0) is 19.7. The summed E-state index contributed by atoms with van der Waals surface area (Å²) in [5.74, 6) is 0.415. The number of anilines is 1. The molecule has 0 fully saturated rings. The molecule has 0 aliphatic heterocycles. The first kappa shape index (κ1) is 18.1. The molecule has 1 amide bonds. The summed E-state index contributed by atoms with van der Waals surface area (Å²) in [5.41, 5.74) is 4.53. The lowest BCUT2D eigenvalue weighted by Gasteiger charge is -2.13. The summed E-state index contributed by atoms with van der Waals surface area (Å²) in [6.07, 6.45) is 0. The van der Waals surface area contributed by atoms with Crippen molar-refractivity contribution in [2.75, 3.05) is 5.32 Å². The fourth-order valence-corrected chi connectivity index (χ4v) is 3.68. The highest BCUT2D eigenvalue weighted by atomic mass is 32.1.